The number of piperazine rings is 1. The van der Waals surface area contributed by atoms with Crippen LogP contribution in [0.2, 0.25) is 0 Å². The molecule has 0 spiro atoms. The van der Waals surface area contributed by atoms with Gasteiger partial charge < -0.3 is 4.74 Å². The average molecular weight is 498 g/mol. The van der Waals surface area contributed by atoms with Crippen LogP contribution in [0.1, 0.15) is 33.3 Å². The maximum absolute atomic E-state index is 13.1. The Morgan fingerprint density at radius 2 is 1.76 bits per heavy atom. The second-order valence-corrected chi connectivity index (χ2v) is 12.4. The minimum Gasteiger partial charge on any atom is -0.492 e. The second-order valence-electron chi connectivity index (χ2n) is 8.90. The van der Waals surface area contributed by atoms with Gasteiger partial charge in [0.15, 0.2) is 0 Å². The third-order valence-electron chi connectivity index (χ3n) is 6.50. The van der Waals surface area contributed by atoms with Crippen molar-refractivity contribution in [2.45, 2.75) is 45.1 Å². The summed E-state index contributed by atoms with van der Waals surface area (Å²) in [7, 11) is -7.40. The molecule has 184 valence electrons. The Balaban J connectivity index is 1.65. The molecule has 3 atom stereocenters. The Bertz CT molecular complexity index is 1120. The van der Waals surface area contributed by atoms with Gasteiger partial charge in [-0.3, -0.25) is 4.90 Å². The van der Waals surface area contributed by atoms with E-state index in [1.807, 2.05) is 25.1 Å². The lowest BCUT2D eigenvalue weighted by atomic mass is 9.92. The van der Waals surface area contributed by atoms with Crippen molar-refractivity contribution in [3.8, 4) is 5.75 Å². The Labute approximate surface area is 198 Å². The number of hydrogen-bond acceptors (Lipinski definition) is 6. The van der Waals surface area contributed by atoms with Gasteiger partial charge >= 0.3 is 0 Å². The zero-order chi connectivity index (χ0) is 24.4. The lowest BCUT2D eigenvalue weighted by molar-refractivity contribution is 0.145. The molecule has 0 saturated carbocycles. The number of allylic oxidation sites excluding steroid dienone is 3. The number of sulfonamides is 2. The van der Waals surface area contributed by atoms with E-state index in [1.54, 1.807) is 29.4 Å². The van der Waals surface area contributed by atoms with E-state index in [9.17, 15) is 16.8 Å². The molecule has 10 heteroatoms. The number of nitrogens with zero attached hydrogens (tertiary/aromatic N) is 2. The van der Waals surface area contributed by atoms with Gasteiger partial charge in [0, 0.05) is 32.2 Å². The molecule has 1 aromatic rings. The topological polar surface area (TPSA) is 110 Å². The summed E-state index contributed by atoms with van der Waals surface area (Å²) in [6.45, 7) is 10.4. The standard InChI is InChI=1S/C23H35N3O5S2/c1-5-31-22-9-7-20(16-23(22)32(24,27)28)15-19(4)25-10-12-26(13-11-25)33(29,30)21-8-6-17(2)18(3)14-21/h6-9,14,16-19H,5,10-13,15H2,1-4H3,(H2,24,27,28). The van der Waals surface area contributed by atoms with Crippen LogP contribution in [0.4, 0.5) is 0 Å². The van der Waals surface area contributed by atoms with Crippen molar-refractivity contribution in [3.63, 3.8) is 0 Å². The molecule has 33 heavy (non-hydrogen) atoms. The fourth-order valence-electron chi connectivity index (χ4n) is 4.24. The molecule has 1 aliphatic carbocycles. The Hall–Kier alpha value is -1.72. The van der Waals surface area contributed by atoms with Crippen LogP contribution < -0.4 is 9.88 Å². The zero-order valence-electron chi connectivity index (χ0n) is 19.8. The van der Waals surface area contributed by atoms with E-state index in [0.717, 1.165) is 5.56 Å². The van der Waals surface area contributed by atoms with Gasteiger partial charge in [0.05, 0.1) is 11.5 Å². The van der Waals surface area contributed by atoms with Gasteiger partial charge in [-0.15, -0.1) is 0 Å². The predicted molar refractivity (Wildman–Crippen MR) is 130 cm³/mol. The molecule has 1 saturated heterocycles. The summed E-state index contributed by atoms with van der Waals surface area (Å²) < 4.78 is 57.1. The van der Waals surface area contributed by atoms with Crippen LogP contribution in [0.15, 0.2) is 46.2 Å². The maximum atomic E-state index is 13.1. The van der Waals surface area contributed by atoms with Gasteiger partial charge in [0.25, 0.3) is 0 Å². The molecule has 1 aromatic carbocycles. The van der Waals surface area contributed by atoms with E-state index in [4.69, 9.17) is 9.88 Å². The fraction of sp³-hybridized carbons (Fsp3) is 0.565. The van der Waals surface area contributed by atoms with Gasteiger partial charge in [-0.2, -0.15) is 4.31 Å². The van der Waals surface area contributed by atoms with Gasteiger partial charge in [-0.1, -0.05) is 32.1 Å². The molecule has 0 amide bonds. The first-order chi connectivity index (χ1) is 15.4. The SMILES string of the molecule is CCOc1ccc(CC(C)N2CCN(S(=O)(=O)C3=CC(C)C(C)C=C3)CC2)cc1S(N)(=O)=O. The highest BCUT2D eigenvalue weighted by atomic mass is 32.2. The Morgan fingerprint density at radius 3 is 2.33 bits per heavy atom. The molecule has 1 heterocycles. The number of rotatable bonds is 8. The van der Waals surface area contributed by atoms with E-state index in [1.165, 1.54) is 0 Å². The van der Waals surface area contributed by atoms with Crippen LogP contribution in [0.3, 0.4) is 0 Å². The quantitative estimate of drug-likeness (QED) is 0.590. The van der Waals surface area contributed by atoms with Crippen molar-refractivity contribution in [1.82, 2.24) is 9.21 Å². The molecular formula is C23H35N3O5S2. The van der Waals surface area contributed by atoms with E-state index in [2.05, 4.69) is 18.7 Å². The Kier molecular flexibility index (Phi) is 8.06. The van der Waals surface area contributed by atoms with E-state index in [-0.39, 0.29) is 22.6 Å². The normalized spacial score (nSPS) is 23.8. The van der Waals surface area contributed by atoms with Crippen molar-refractivity contribution in [2.24, 2.45) is 17.0 Å². The first-order valence-electron chi connectivity index (χ1n) is 11.4. The van der Waals surface area contributed by atoms with E-state index in [0.29, 0.717) is 50.0 Å². The van der Waals surface area contributed by atoms with Crippen molar-refractivity contribution in [3.05, 3.63) is 46.9 Å². The smallest absolute Gasteiger partial charge is 0.242 e. The lowest BCUT2D eigenvalue weighted by Crippen LogP contribution is -2.51. The first-order valence-corrected chi connectivity index (χ1v) is 14.3. The number of ether oxygens (including phenoxy) is 1. The third-order valence-corrected chi connectivity index (χ3v) is 9.35. The second kappa shape index (κ2) is 10.3. The minimum atomic E-state index is -3.90. The summed E-state index contributed by atoms with van der Waals surface area (Å²) >= 11 is 0. The van der Waals surface area contributed by atoms with Gasteiger partial charge in [-0.05, 0) is 55.9 Å². The number of hydrogen-bond donors (Lipinski definition) is 1. The first kappa shape index (κ1) is 25.9. The Morgan fingerprint density at radius 1 is 1.09 bits per heavy atom. The molecular weight excluding hydrogens is 462 g/mol. The highest BCUT2D eigenvalue weighted by molar-refractivity contribution is 7.93. The zero-order valence-corrected chi connectivity index (χ0v) is 21.4. The maximum Gasteiger partial charge on any atom is 0.242 e. The van der Waals surface area contributed by atoms with Crippen LogP contribution in [-0.2, 0) is 26.5 Å². The fourth-order valence-corrected chi connectivity index (χ4v) is 6.54. The van der Waals surface area contributed by atoms with Crippen molar-refractivity contribution < 1.29 is 21.6 Å². The van der Waals surface area contributed by atoms with E-state index < -0.39 is 20.0 Å². The van der Waals surface area contributed by atoms with Crippen LogP contribution in [-0.4, -0.2) is 64.9 Å². The van der Waals surface area contributed by atoms with Crippen LogP contribution in [0, 0.1) is 11.8 Å². The van der Waals surface area contributed by atoms with Crippen LogP contribution in [0.25, 0.3) is 0 Å². The molecule has 2 aliphatic rings. The van der Waals surface area contributed by atoms with Gasteiger partial charge in [-0.25, -0.2) is 22.0 Å². The minimum absolute atomic E-state index is 0.0117. The van der Waals surface area contributed by atoms with Gasteiger partial charge in [0.1, 0.15) is 10.6 Å². The predicted octanol–water partition coefficient (Wildman–Crippen LogP) is 2.34. The molecule has 8 nitrogen and oxygen atoms in total. The molecule has 0 bridgehead atoms. The molecule has 0 aromatic heterocycles. The molecule has 3 rings (SSSR count). The number of benzene rings is 1. The summed E-state index contributed by atoms with van der Waals surface area (Å²) in [6, 6.07) is 5.17. The summed E-state index contributed by atoms with van der Waals surface area (Å²) in [4.78, 5) is 2.61. The number of nitrogens with two attached hydrogens (primary N) is 1. The number of primary sulfonamides is 1. The molecule has 0 radical (unpaired) electrons. The molecule has 1 aliphatic heterocycles. The monoisotopic (exact) mass is 497 g/mol. The summed E-state index contributed by atoms with van der Waals surface area (Å²) in [6.07, 6.45) is 6.15. The molecule has 2 N–H and O–H groups in total. The summed E-state index contributed by atoms with van der Waals surface area (Å²) in [5, 5.41) is 5.37. The summed E-state index contributed by atoms with van der Waals surface area (Å²) in [5.74, 6) is 0.779. The van der Waals surface area contributed by atoms with Crippen LogP contribution in [0.5, 0.6) is 5.75 Å². The van der Waals surface area contributed by atoms with Gasteiger partial charge in [0.2, 0.25) is 20.0 Å². The van der Waals surface area contributed by atoms with Crippen molar-refractivity contribution in [2.75, 3.05) is 32.8 Å². The van der Waals surface area contributed by atoms with Crippen molar-refractivity contribution >= 4 is 20.0 Å². The molecule has 3 unspecified atom stereocenters. The average Bonchev–Trinajstić information content (AvgIpc) is 2.76. The van der Waals surface area contributed by atoms with E-state index >= 15 is 0 Å². The lowest BCUT2D eigenvalue weighted by Gasteiger charge is -2.38. The largest absolute Gasteiger partial charge is 0.492 e. The highest BCUT2D eigenvalue weighted by Gasteiger charge is 2.32. The highest BCUT2D eigenvalue weighted by Crippen LogP contribution is 2.28. The summed E-state index contributed by atoms with van der Waals surface area (Å²) in [5.41, 5.74) is 0.839. The molecule has 1 fully saturated rings. The van der Waals surface area contributed by atoms with Crippen molar-refractivity contribution in [1.29, 1.82) is 0 Å². The van der Waals surface area contributed by atoms with Crippen LogP contribution >= 0.6 is 0 Å². The third kappa shape index (κ3) is 6.05.